The fourth-order valence-corrected chi connectivity index (χ4v) is 4.87. The zero-order valence-electron chi connectivity index (χ0n) is 21.3. The number of hydrogen-bond acceptors (Lipinski definition) is 4. The van der Waals surface area contributed by atoms with E-state index in [0.717, 1.165) is 0 Å². The van der Waals surface area contributed by atoms with E-state index in [1.165, 1.54) is 33.2 Å². The second kappa shape index (κ2) is 12.6. The molecule has 0 saturated heterocycles. The summed E-state index contributed by atoms with van der Waals surface area (Å²) in [6.45, 7) is 13.4. The van der Waals surface area contributed by atoms with Crippen molar-refractivity contribution in [3.05, 3.63) is 70.8 Å². The number of nitrogens with zero attached hydrogens (tertiary/aromatic N) is 2. The van der Waals surface area contributed by atoms with Gasteiger partial charge in [0.15, 0.2) is 0 Å². The first-order valence-corrected chi connectivity index (χ1v) is 16.8. The average Bonchev–Trinajstić information content (AvgIpc) is 2.79. The molecule has 35 heavy (non-hydrogen) atoms. The van der Waals surface area contributed by atoms with Crippen LogP contribution >= 0.6 is 28.5 Å². The Morgan fingerprint density at radius 1 is 0.686 bits per heavy atom. The number of benzene rings is 2. The van der Waals surface area contributed by atoms with Crippen molar-refractivity contribution in [2.24, 2.45) is 9.98 Å². The molecule has 5 rings (SSSR count). The standard InChI is InChI=1S/C28H36N2O2.2BrH.Ni/c1-27(2,3)31-17-15-29-25-23-19-11-7-9-13-21(19)24(22-14-10-8-12-20(22)23)26(25)30-16-18-32-28(4,5)6;;;/h7-16,23-26H,17-18H2,1-6H3;2*1H;/q;;;+2/p-2/t23?,24?,25-,26-;;;/m1.../s1. The van der Waals surface area contributed by atoms with E-state index < -0.39 is 0 Å². The van der Waals surface area contributed by atoms with Crippen LogP contribution in [0.2, 0.25) is 0 Å². The van der Waals surface area contributed by atoms with Crippen LogP contribution in [-0.4, -0.2) is 48.9 Å². The SMILES string of the molecule is CC(C)(C)OCC=N[C@@H]1C2c3ccccc3C(c3ccccc32)[C@H]1N=CCOC(C)(C)C.[Br][Ni][Br]. The maximum absolute atomic E-state index is 5.90. The van der Waals surface area contributed by atoms with Crippen molar-refractivity contribution in [2.45, 2.75) is 76.7 Å². The molecular formula is C28H36Br2N2NiO2. The van der Waals surface area contributed by atoms with Crippen molar-refractivity contribution in [2.75, 3.05) is 13.2 Å². The number of fused-ring (bicyclic) bond motifs is 1. The molecule has 194 valence electrons. The van der Waals surface area contributed by atoms with Crippen LogP contribution in [0.25, 0.3) is 0 Å². The second-order valence-corrected chi connectivity index (χ2v) is 15.7. The summed E-state index contributed by atoms with van der Waals surface area (Å²) in [7, 11) is 1.25. The van der Waals surface area contributed by atoms with Gasteiger partial charge in [-0.15, -0.1) is 0 Å². The first-order chi connectivity index (χ1) is 16.6. The molecule has 2 aromatic carbocycles. The number of ether oxygens (including phenoxy) is 2. The molecule has 2 bridgehead atoms. The van der Waals surface area contributed by atoms with Crippen LogP contribution in [0.3, 0.4) is 0 Å². The number of hydrogen-bond donors (Lipinski definition) is 0. The zero-order valence-corrected chi connectivity index (χ0v) is 25.4. The van der Waals surface area contributed by atoms with E-state index in [9.17, 15) is 0 Å². The Balaban J connectivity index is 0.00000108. The molecule has 7 heteroatoms. The molecule has 2 atom stereocenters. The van der Waals surface area contributed by atoms with Crippen LogP contribution in [0.15, 0.2) is 58.5 Å². The Kier molecular flexibility index (Phi) is 10.3. The number of aliphatic imine (C=N–C) groups is 2. The van der Waals surface area contributed by atoms with Crippen LogP contribution in [0.5, 0.6) is 0 Å². The maximum atomic E-state index is 5.90. The monoisotopic (exact) mass is 648 g/mol. The van der Waals surface area contributed by atoms with Crippen molar-refractivity contribution in [1.29, 1.82) is 0 Å². The van der Waals surface area contributed by atoms with Gasteiger partial charge < -0.3 is 9.47 Å². The molecule has 4 nitrogen and oxygen atoms in total. The molecule has 2 aromatic rings. The van der Waals surface area contributed by atoms with Gasteiger partial charge in [-0.3, -0.25) is 9.98 Å². The second-order valence-electron chi connectivity index (χ2n) is 10.7. The van der Waals surface area contributed by atoms with E-state index in [4.69, 9.17) is 19.5 Å². The van der Waals surface area contributed by atoms with Gasteiger partial charge in [-0.05, 0) is 63.8 Å². The summed E-state index contributed by atoms with van der Waals surface area (Å²) >= 11 is 6.00. The van der Waals surface area contributed by atoms with E-state index in [-0.39, 0.29) is 35.1 Å². The molecular weight excluding hydrogens is 615 g/mol. The van der Waals surface area contributed by atoms with Crippen LogP contribution < -0.4 is 0 Å². The van der Waals surface area contributed by atoms with Gasteiger partial charge in [0.05, 0.1) is 36.5 Å². The molecule has 0 N–H and O–H groups in total. The van der Waals surface area contributed by atoms with Crippen LogP contribution in [0.4, 0.5) is 0 Å². The third-order valence-electron chi connectivity index (χ3n) is 6.10. The molecule has 0 aliphatic heterocycles. The molecule has 0 saturated carbocycles. The Morgan fingerprint density at radius 2 is 0.971 bits per heavy atom. The molecule has 0 radical (unpaired) electrons. The Labute approximate surface area is 230 Å². The normalized spacial score (nSPS) is 23.3. The molecule has 0 amide bonds. The minimum atomic E-state index is -0.182. The summed E-state index contributed by atoms with van der Waals surface area (Å²) in [5, 5.41) is 0. The van der Waals surface area contributed by atoms with Gasteiger partial charge in [-0.1, -0.05) is 48.5 Å². The van der Waals surface area contributed by atoms with Crippen molar-refractivity contribution in [3.8, 4) is 0 Å². The quantitative estimate of drug-likeness (QED) is 0.241. The Bertz CT molecular complexity index is 903. The molecule has 0 heterocycles. The summed E-state index contributed by atoms with van der Waals surface area (Å²) < 4.78 is 11.8. The number of rotatable bonds is 6. The number of halogens is 2. The first kappa shape index (κ1) is 28.7. The molecule has 3 aliphatic rings. The van der Waals surface area contributed by atoms with Crippen LogP contribution in [-0.2, 0) is 20.4 Å². The molecule has 0 spiro atoms. The molecule has 0 unspecified atom stereocenters. The summed E-state index contributed by atoms with van der Waals surface area (Å²) in [6, 6.07) is 17.7. The molecule has 3 aliphatic carbocycles. The molecule has 0 aromatic heterocycles. The van der Waals surface area contributed by atoms with Crippen molar-refractivity contribution < 1.29 is 20.4 Å². The van der Waals surface area contributed by atoms with Gasteiger partial charge in [0.25, 0.3) is 0 Å². The fraction of sp³-hybridized carbons (Fsp3) is 0.500. The van der Waals surface area contributed by atoms with Gasteiger partial charge in [0.1, 0.15) is 0 Å². The van der Waals surface area contributed by atoms with E-state index in [1.807, 2.05) is 12.4 Å². The third-order valence-corrected chi connectivity index (χ3v) is 6.10. The van der Waals surface area contributed by atoms with Gasteiger partial charge >= 0.3 is 39.3 Å². The van der Waals surface area contributed by atoms with E-state index >= 15 is 0 Å². The zero-order chi connectivity index (χ0) is 25.6. The summed E-state index contributed by atoms with van der Waals surface area (Å²) in [6.07, 6.45) is 3.88. The Morgan fingerprint density at radius 3 is 1.23 bits per heavy atom. The van der Waals surface area contributed by atoms with Crippen LogP contribution in [0, 0.1) is 0 Å². The van der Waals surface area contributed by atoms with Gasteiger partial charge in [0.2, 0.25) is 0 Å². The van der Waals surface area contributed by atoms with Gasteiger partial charge in [0, 0.05) is 24.3 Å². The van der Waals surface area contributed by atoms with Crippen molar-refractivity contribution >= 4 is 40.9 Å². The predicted molar refractivity (Wildman–Crippen MR) is 150 cm³/mol. The van der Waals surface area contributed by atoms with Crippen molar-refractivity contribution in [1.82, 2.24) is 0 Å². The predicted octanol–water partition coefficient (Wildman–Crippen LogP) is 7.48. The van der Waals surface area contributed by atoms with Gasteiger partial charge in [-0.2, -0.15) is 0 Å². The fourth-order valence-electron chi connectivity index (χ4n) is 4.87. The average molecular weight is 651 g/mol. The molecule has 0 fully saturated rings. The summed E-state index contributed by atoms with van der Waals surface area (Å²) in [5.74, 6) is 0.396. The van der Waals surface area contributed by atoms with Gasteiger partial charge in [-0.25, -0.2) is 0 Å². The van der Waals surface area contributed by atoms with E-state index in [0.29, 0.717) is 13.2 Å². The van der Waals surface area contributed by atoms with Crippen LogP contribution in [0.1, 0.15) is 75.6 Å². The third kappa shape index (κ3) is 7.58. The summed E-state index contributed by atoms with van der Waals surface area (Å²) in [4.78, 5) is 10.1. The topological polar surface area (TPSA) is 43.2 Å². The van der Waals surface area contributed by atoms with E-state index in [1.54, 1.807) is 0 Å². The van der Waals surface area contributed by atoms with Crippen molar-refractivity contribution in [3.63, 3.8) is 0 Å². The first-order valence-electron chi connectivity index (χ1n) is 11.9. The Hall–Kier alpha value is -0.846. The van der Waals surface area contributed by atoms with E-state index in [2.05, 4.69) is 119 Å². The minimum absolute atomic E-state index is 0.0410. The summed E-state index contributed by atoms with van der Waals surface area (Å²) in [5.41, 5.74) is 5.16.